The number of nitro groups is 1. The van der Waals surface area contributed by atoms with Crippen molar-refractivity contribution >= 4 is 17.3 Å². The smallest absolute Gasteiger partial charge is 0.258 e. The van der Waals surface area contributed by atoms with E-state index in [1.807, 2.05) is 0 Å². The largest absolute Gasteiger partial charge is 0.458 e. The lowest BCUT2D eigenvalue weighted by atomic mass is 10.1. The summed E-state index contributed by atoms with van der Waals surface area (Å²) in [6.07, 6.45) is -5.87. The molecule has 0 fully saturated rings. The Bertz CT molecular complexity index is 460. The third-order valence-corrected chi connectivity index (χ3v) is 2.18. The Kier molecular flexibility index (Phi) is 3.28. The molecule has 1 rings (SSSR count). The Hall–Kier alpha value is -1.44. The van der Waals surface area contributed by atoms with Crippen molar-refractivity contribution in [2.45, 2.75) is 12.1 Å². The molecule has 0 saturated heterocycles. The fourth-order valence-corrected chi connectivity index (χ4v) is 1.26. The molecule has 0 saturated carbocycles. The normalized spacial score (nSPS) is 12.6. The van der Waals surface area contributed by atoms with Gasteiger partial charge in [-0.05, 0) is 6.07 Å². The first-order valence-electron chi connectivity index (χ1n) is 3.96. The molecule has 0 aliphatic carbocycles. The molecule has 1 aromatic rings. The summed E-state index contributed by atoms with van der Waals surface area (Å²) in [5.41, 5.74) is -2.53. The van der Waals surface area contributed by atoms with E-state index in [0.29, 0.717) is 6.07 Å². The number of non-ortho nitro benzene ring substituents is 1. The van der Waals surface area contributed by atoms with Crippen LogP contribution in [0.15, 0.2) is 18.2 Å². The van der Waals surface area contributed by atoms with Crippen molar-refractivity contribution in [1.82, 2.24) is 0 Å². The molecular weight excluding hydrogens is 273 g/mol. The molecule has 17 heavy (non-hydrogen) atoms. The molecule has 3 nitrogen and oxygen atoms in total. The fourth-order valence-electron chi connectivity index (χ4n) is 1.02. The minimum atomic E-state index is -5.87. The molecule has 0 heterocycles. The lowest BCUT2D eigenvalue weighted by molar-refractivity contribution is -0.385. The Morgan fingerprint density at radius 1 is 1.18 bits per heavy atom. The highest BCUT2D eigenvalue weighted by atomic mass is 35.5. The summed E-state index contributed by atoms with van der Waals surface area (Å²) in [4.78, 5) is 9.19. The lowest BCUT2D eigenvalue weighted by Gasteiger charge is -2.20. The summed E-state index contributed by atoms with van der Waals surface area (Å²) in [5, 5.41) is 9.39. The summed E-state index contributed by atoms with van der Waals surface area (Å²) >= 11 is 5.19. The van der Waals surface area contributed by atoms with Crippen LogP contribution in [0.25, 0.3) is 0 Å². The van der Waals surface area contributed by atoms with Crippen LogP contribution >= 0.6 is 11.6 Å². The number of hydrogen-bond acceptors (Lipinski definition) is 2. The van der Waals surface area contributed by atoms with E-state index in [9.17, 15) is 32.1 Å². The average Bonchev–Trinajstić information content (AvgIpc) is 2.15. The highest BCUT2D eigenvalue weighted by Gasteiger charge is 2.59. The standard InChI is InChI=1S/C8H3ClF5NO2/c9-6-2-1-4(15(16)17)3-5(6)7(10,11)8(12,13)14/h1-3H. The second-order valence-corrected chi connectivity index (χ2v) is 3.40. The number of rotatable bonds is 2. The van der Waals surface area contributed by atoms with E-state index in [1.165, 1.54) is 0 Å². The maximum atomic E-state index is 12.9. The van der Waals surface area contributed by atoms with Gasteiger partial charge in [-0.1, -0.05) is 11.6 Å². The van der Waals surface area contributed by atoms with Crippen molar-refractivity contribution in [3.63, 3.8) is 0 Å². The van der Waals surface area contributed by atoms with E-state index in [2.05, 4.69) is 0 Å². The number of halogens is 6. The summed E-state index contributed by atoms with van der Waals surface area (Å²) < 4.78 is 62.0. The summed E-state index contributed by atoms with van der Waals surface area (Å²) in [6, 6.07) is 1.46. The Labute approximate surface area is 95.9 Å². The van der Waals surface area contributed by atoms with Crippen molar-refractivity contribution in [3.8, 4) is 0 Å². The maximum Gasteiger partial charge on any atom is 0.458 e. The molecule has 0 atom stereocenters. The molecule has 0 aliphatic rings. The van der Waals surface area contributed by atoms with Gasteiger partial charge in [-0.25, -0.2) is 0 Å². The van der Waals surface area contributed by atoms with Gasteiger partial charge in [-0.2, -0.15) is 22.0 Å². The zero-order chi connectivity index (χ0) is 13.4. The number of nitro benzene ring substituents is 1. The number of alkyl halides is 5. The molecular formula is C8H3ClF5NO2. The van der Waals surface area contributed by atoms with E-state index >= 15 is 0 Å². The van der Waals surface area contributed by atoms with Gasteiger partial charge in [0.25, 0.3) is 5.69 Å². The first-order valence-corrected chi connectivity index (χ1v) is 4.34. The molecule has 0 radical (unpaired) electrons. The monoisotopic (exact) mass is 275 g/mol. The Morgan fingerprint density at radius 3 is 2.12 bits per heavy atom. The van der Waals surface area contributed by atoms with Crippen LogP contribution < -0.4 is 0 Å². The fraction of sp³-hybridized carbons (Fsp3) is 0.250. The topological polar surface area (TPSA) is 43.1 Å². The summed E-state index contributed by atoms with van der Waals surface area (Å²) in [5.74, 6) is -5.24. The molecule has 0 bridgehead atoms. The Balaban J connectivity index is 3.40. The zero-order valence-electron chi connectivity index (χ0n) is 7.76. The van der Waals surface area contributed by atoms with Crippen LogP contribution in [0.3, 0.4) is 0 Å². The highest BCUT2D eigenvalue weighted by molar-refractivity contribution is 6.31. The van der Waals surface area contributed by atoms with Gasteiger partial charge in [-0.15, -0.1) is 0 Å². The van der Waals surface area contributed by atoms with Crippen molar-refractivity contribution in [2.75, 3.05) is 0 Å². The number of nitrogens with zero attached hydrogens (tertiary/aromatic N) is 1. The van der Waals surface area contributed by atoms with Gasteiger partial charge in [0.05, 0.1) is 15.5 Å². The van der Waals surface area contributed by atoms with Gasteiger partial charge in [0.15, 0.2) is 0 Å². The van der Waals surface area contributed by atoms with E-state index in [4.69, 9.17) is 11.6 Å². The van der Waals surface area contributed by atoms with Crippen molar-refractivity contribution in [2.24, 2.45) is 0 Å². The lowest BCUT2D eigenvalue weighted by Crippen LogP contribution is -2.34. The third-order valence-electron chi connectivity index (χ3n) is 1.86. The summed E-state index contributed by atoms with van der Waals surface area (Å²) in [6.45, 7) is 0. The van der Waals surface area contributed by atoms with Crippen molar-refractivity contribution < 1.29 is 26.9 Å². The first kappa shape index (κ1) is 13.6. The number of benzene rings is 1. The minimum Gasteiger partial charge on any atom is -0.258 e. The maximum absolute atomic E-state index is 12.9. The molecule has 9 heteroatoms. The molecule has 0 amide bonds. The van der Waals surface area contributed by atoms with E-state index in [0.717, 1.165) is 6.07 Å². The van der Waals surface area contributed by atoms with Crippen LogP contribution in [-0.2, 0) is 5.92 Å². The predicted molar refractivity (Wildman–Crippen MR) is 48.1 cm³/mol. The minimum absolute atomic E-state index is 0.107. The second kappa shape index (κ2) is 4.10. The second-order valence-electron chi connectivity index (χ2n) is 2.99. The first-order chi connectivity index (χ1) is 7.57. The molecule has 0 unspecified atom stereocenters. The van der Waals surface area contributed by atoms with Gasteiger partial charge in [-0.3, -0.25) is 10.1 Å². The van der Waals surface area contributed by atoms with Crippen molar-refractivity contribution in [3.05, 3.63) is 38.9 Å². The molecule has 0 spiro atoms. The molecule has 94 valence electrons. The molecule has 0 N–H and O–H groups in total. The third kappa shape index (κ3) is 2.46. The highest BCUT2D eigenvalue weighted by Crippen LogP contribution is 2.46. The van der Waals surface area contributed by atoms with Crippen LogP contribution in [0.2, 0.25) is 5.02 Å². The van der Waals surface area contributed by atoms with Gasteiger partial charge in [0, 0.05) is 12.1 Å². The Morgan fingerprint density at radius 2 is 1.71 bits per heavy atom. The zero-order valence-corrected chi connectivity index (χ0v) is 8.52. The average molecular weight is 276 g/mol. The van der Waals surface area contributed by atoms with Gasteiger partial charge < -0.3 is 0 Å². The van der Waals surface area contributed by atoms with Crippen molar-refractivity contribution in [1.29, 1.82) is 0 Å². The van der Waals surface area contributed by atoms with Gasteiger partial charge in [0.1, 0.15) is 0 Å². The quantitative estimate of drug-likeness (QED) is 0.467. The van der Waals surface area contributed by atoms with Crippen LogP contribution in [0.5, 0.6) is 0 Å². The van der Waals surface area contributed by atoms with E-state index in [1.54, 1.807) is 0 Å². The SMILES string of the molecule is O=[N+]([O-])c1ccc(Cl)c(C(F)(F)C(F)(F)F)c1. The van der Waals surface area contributed by atoms with Crippen LogP contribution in [0.4, 0.5) is 27.6 Å². The predicted octanol–water partition coefficient (Wildman–Crippen LogP) is 3.90. The van der Waals surface area contributed by atoms with Gasteiger partial charge >= 0.3 is 12.1 Å². The number of hydrogen-bond donors (Lipinski definition) is 0. The van der Waals surface area contributed by atoms with Crippen LogP contribution in [0, 0.1) is 10.1 Å². The van der Waals surface area contributed by atoms with E-state index in [-0.39, 0.29) is 6.07 Å². The summed E-state index contributed by atoms with van der Waals surface area (Å²) in [7, 11) is 0. The molecule has 1 aromatic carbocycles. The van der Waals surface area contributed by atoms with E-state index < -0.39 is 33.3 Å². The van der Waals surface area contributed by atoms with Crippen LogP contribution in [0.1, 0.15) is 5.56 Å². The molecule has 0 aliphatic heterocycles. The van der Waals surface area contributed by atoms with Crippen LogP contribution in [-0.4, -0.2) is 11.1 Å². The molecule has 0 aromatic heterocycles. The van der Waals surface area contributed by atoms with Gasteiger partial charge in [0.2, 0.25) is 0 Å².